The van der Waals surface area contributed by atoms with E-state index >= 15 is 0 Å². The number of carbonyl (C=O) groups excluding carboxylic acids is 2. The number of hydrogen-bond acceptors (Lipinski definition) is 15. The maximum absolute atomic E-state index is 13.0. The Morgan fingerprint density at radius 2 is 0.940 bits per heavy atom. The second-order valence-corrected chi connectivity index (χ2v) is 17.3. The van der Waals surface area contributed by atoms with Crippen molar-refractivity contribution in [3.8, 4) is 0 Å². The second kappa shape index (κ2) is 38.8. The van der Waals surface area contributed by atoms with E-state index in [0.29, 0.717) is 12.8 Å². The molecule has 7 N–H and O–H groups in total. The third-order valence-electron chi connectivity index (χ3n) is 11.4. The van der Waals surface area contributed by atoms with Gasteiger partial charge in [0.1, 0.15) is 55.4 Å². The molecule has 0 aromatic rings. The van der Waals surface area contributed by atoms with E-state index in [1.165, 1.54) is 12.8 Å². The first kappa shape index (κ1) is 60.1. The summed E-state index contributed by atoms with van der Waals surface area (Å²) in [7, 11) is 0. The minimum Gasteiger partial charge on any atom is -0.462 e. The normalized spacial score (nSPS) is 26.6. The lowest BCUT2D eigenvalue weighted by molar-refractivity contribution is -0.332. The van der Waals surface area contributed by atoms with Crippen LogP contribution in [-0.2, 0) is 38.0 Å². The fourth-order valence-electron chi connectivity index (χ4n) is 7.28. The third-order valence-corrected chi connectivity index (χ3v) is 11.4. The van der Waals surface area contributed by atoms with Gasteiger partial charge in [-0.3, -0.25) is 9.59 Å². The van der Waals surface area contributed by atoms with Crippen LogP contribution in [0.1, 0.15) is 149 Å². The molecule has 67 heavy (non-hydrogen) atoms. The third kappa shape index (κ3) is 27.1. The van der Waals surface area contributed by atoms with Crippen molar-refractivity contribution in [1.29, 1.82) is 0 Å². The number of aliphatic hydroxyl groups excluding tert-OH is 7. The Hall–Kier alpha value is -3.06. The van der Waals surface area contributed by atoms with Gasteiger partial charge in [0, 0.05) is 12.8 Å². The van der Waals surface area contributed by atoms with E-state index in [2.05, 4.69) is 86.8 Å². The van der Waals surface area contributed by atoms with Crippen LogP contribution in [0.4, 0.5) is 0 Å². The fraction of sp³-hybridized carbons (Fsp3) is 0.731. The largest absolute Gasteiger partial charge is 0.462 e. The van der Waals surface area contributed by atoms with Crippen molar-refractivity contribution in [3.05, 3.63) is 72.9 Å². The quantitative estimate of drug-likeness (QED) is 0.0196. The van der Waals surface area contributed by atoms with Gasteiger partial charge in [-0.2, -0.15) is 0 Å². The van der Waals surface area contributed by atoms with Crippen LogP contribution in [0.5, 0.6) is 0 Å². The van der Waals surface area contributed by atoms with Gasteiger partial charge < -0.3 is 64.2 Å². The number of hydrogen-bond donors (Lipinski definition) is 7. The average Bonchev–Trinajstić information content (AvgIpc) is 3.32. The summed E-state index contributed by atoms with van der Waals surface area (Å²) >= 11 is 0. The number of aliphatic hydroxyl groups is 7. The van der Waals surface area contributed by atoms with Crippen molar-refractivity contribution in [2.24, 2.45) is 0 Å². The van der Waals surface area contributed by atoms with Gasteiger partial charge in [-0.25, -0.2) is 0 Å². The van der Waals surface area contributed by atoms with Gasteiger partial charge in [-0.15, -0.1) is 0 Å². The maximum Gasteiger partial charge on any atom is 0.306 e. The topological polar surface area (TPSA) is 231 Å². The molecule has 0 aromatic heterocycles. The van der Waals surface area contributed by atoms with E-state index in [-0.39, 0.29) is 19.4 Å². The van der Waals surface area contributed by atoms with E-state index < -0.39 is 99.3 Å². The minimum atomic E-state index is -1.78. The van der Waals surface area contributed by atoms with Gasteiger partial charge in [-0.05, 0) is 77.0 Å². The first-order valence-electron chi connectivity index (χ1n) is 25.0. The van der Waals surface area contributed by atoms with Crippen LogP contribution < -0.4 is 0 Å². The van der Waals surface area contributed by atoms with Crippen molar-refractivity contribution in [2.75, 3.05) is 26.4 Å². The molecule has 0 aliphatic carbocycles. The molecule has 2 rings (SSSR count). The maximum atomic E-state index is 13.0. The lowest BCUT2D eigenvalue weighted by atomic mass is 9.98. The van der Waals surface area contributed by atoms with Crippen LogP contribution in [-0.4, -0.2) is 142 Å². The van der Waals surface area contributed by atoms with Crippen LogP contribution in [0, 0.1) is 0 Å². The van der Waals surface area contributed by atoms with Gasteiger partial charge in [0.25, 0.3) is 0 Å². The highest BCUT2D eigenvalue weighted by atomic mass is 16.7. The van der Waals surface area contributed by atoms with Gasteiger partial charge in [0.05, 0.1) is 19.8 Å². The molecule has 2 saturated heterocycles. The smallest absolute Gasteiger partial charge is 0.306 e. The molecule has 15 heteroatoms. The molecule has 11 atom stereocenters. The molecule has 15 nitrogen and oxygen atoms in total. The highest BCUT2D eigenvalue weighted by molar-refractivity contribution is 5.70. The van der Waals surface area contributed by atoms with Gasteiger partial charge >= 0.3 is 11.9 Å². The molecule has 11 unspecified atom stereocenters. The highest BCUT2D eigenvalue weighted by Gasteiger charge is 2.47. The SMILES string of the molecule is CC/C=C\C/C=C\C/C=C\C/C=C\CCCCCCC(=O)OC(COC(=O)CCCCCCC/C=C\C/C=C\CCCC)COC1OC(COC2OC(CO)C(O)C(O)C2O)C(O)C(O)C1O. The van der Waals surface area contributed by atoms with E-state index in [1.807, 2.05) is 0 Å². The molecule has 0 spiro atoms. The number of carbonyl (C=O) groups is 2. The molecule has 2 aliphatic heterocycles. The Labute approximate surface area is 400 Å². The molecule has 2 fully saturated rings. The van der Waals surface area contributed by atoms with Gasteiger partial charge in [0.15, 0.2) is 18.7 Å². The van der Waals surface area contributed by atoms with Crippen LogP contribution in [0.3, 0.4) is 0 Å². The number of unbranched alkanes of at least 4 members (excludes halogenated alkanes) is 11. The minimum absolute atomic E-state index is 0.130. The van der Waals surface area contributed by atoms with Crippen LogP contribution in [0.15, 0.2) is 72.9 Å². The predicted octanol–water partition coefficient (Wildman–Crippen LogP) is 6.65. The predicted molar refractivity (Wildman–Crippen MR) is 256 cm³/mol. The lowest BCUT2D eigenvalue weighted by Crippen LogP contribution is -2.61. The van der Waals surface area contributed by atoms with Crippen LogP contribution >= 0.6 is 0 Å². The zero-order valence-electron chi connectivity index (χ0n) is 40.4. The molecular formula is C52H86O15. The summed E-state index contributed by atoms with van der Waals surface area (Å²) in [5.74, 6) is -0.976. The molecule has 0 amide bonds. The van der Waals surface area contributed by atoms with Crippen molar-refractivity contribution < 1.29 is 73.8 Å². The first-order valence-corrected chi connectivity index (χ1v) is 25.0. The zero-order valence-corrected chi connectivity index (χ0v) is 40.4. The van der Waals surface area contributed by atoms with Gasteiger partial charge in [0.2, 0.25) is 0 Å². The Kier molecular flexibility index (Phi) is 34.7. The molecule has 0 bridgehead atoms. The van der Waals surface area contributed by atoms with Crippen molar-refractivity contribution in [1.82, 2.24) is 0 Å². The Balaban J connectivity index is 1.84. The van der Waals surface area contributed by atoms with Crippen LogP contribution in [0.25, 0.3) is 0 Å². The second-order valence-electron chi connectivity index (χ2n) is 17.3. The summed E-state index contributed by atoms with van der Waals surface area (Å²) in [6, 6.07) is 0. The van der Waals surface area contributed by atoms with E-state index in [1.54, 1.807) is 0 Å². The Bertz CT molecular complexity index is 1440. The summed E-state index contributed by atoms with van der Waals surface area (Å²) in [5, 5.41) is 72.0. The first-order chi connectivity index (χ1) is 32.5. The molecule has 384 valence electrons. The van der Waals surface area contributed by atoms with Crippen molar-refractivity contribution >= 4 is 11.9 Å². The fourth-order valence-corrected chi connectivity index (χ4v) is 7.28. The van der Waals surface area contributed by atoms with Crippen LogP contribution in [0.2, 0.25) is 0 Å². The molecule has 2 aliphatic rings. The van der Waals surface area contributed by atoms with Crippen molar-refractivity contribution in [3.63, 3.8) is 0 Å². The average molecular weight is 951 g/mol. The monoisotopic (exact) mass is 951 g/mol. The van der Waals surface area contributed by atoms with E-state index in [0.717, 1.165) is 96.3 Å². The zero-order chi connectivity index (χ0) is 48.9. The molecule has 2 heterocycles. The van der Waals surface area contributed by atoms with E-state index in [9.17, 15) is 45.3 Å². The molecular weight excluding hydrogens is 865 g/mol. The van der Waals surface area contributed by atoms with Gasteiger partial charge in [-0.1, -0.05) is 132 Å². The Morgan fingerprint density at radius 3 is 1.48 bits per heavy atom. The summed E-state index contributed by atoms with van der Waals surface area (Å²) in [5.41, 5.74) is 0. The number of ether oxygens (including phenoxy) is 6. The number of esters is 2. The van der Waals surface area contributed by atoms with E-state index in [4.69, 9.17) is 28.4 Å². The lowest BCUT2D eigenvalue weighted by Gasteiger charge is -2.42. The van der Waals surface area contributed by atoms with Crippen molar-refractivity contribution in [2.45, 2.75) is 216 Å². The molecule has 0 saturated carbocycles. The Morgan fingerprint density at radius 1 is 0.493 bits per heavy atom. The molecule has 0 aromatic carbocycles. The summed E-state index contributed by atoms with van der Waals surface area (Å²) in [6.07, 6.45) is 27.8. The summed E-state index contributed by atoms with van der Waals surface area (Å²) in [4.78, 5) is 25.7. The summed E-state index contributed by atoms with van der Waals surface area (Å²) in [6.45, 7) is 2.37. The molecule has 0 radical (unpaired) electrons. The number of rotatable bonds is 37. The summed E-state index contributed by atoms with van der Waals surface area (Å²) < 4.78 is 33.5. The number of allylic oxidation sites excluding steroid dienone is 12. The standard InChI is InChI=1S/C52H86O15/c1-3-5-7-9-11-13-15-17-19-20-21-23-25-27-29-31-33-35-44(55)65-40(37-62-43(54)34-32-30-28-26-24-22-18-16-14-12-10-8-6-4-2)38-63-51-50(61)48(59)46(57)42(67-51)39-64-52-49(60)47(58)45(56)41(36-53)66-52/h5,7,10-13,16-19,21,23,40-42,45-53,56-61H,3-4,6,8-9,14-15,20,22,24-39H2,1-2H3/b7-5-,12-10-,13-11-,18-16-,19-17-,23-21-. The highest BCUT2D eigenvalue weighted by Crippen LogP contribution is 2.26.